The van der Waals surface area contributed by atoms with E-state index in [1.165, 1.54) is 12.2 Å². The summed E-state index contributed by atoms with van der Waals surface area (Å²) in [5.41, 5.74) is 0. The summed E-state index contributed by atoms with van der Waals surface area (Å²) in [6.07, 6.45) is 3.24. The Kier molecular flexibility index (Phi) is 6.28. The van der Waals surface area contributed by atoms with Crippen molar-refractivity contribution in [3.63, 3.8) is 0 Å². The van der Waals surface area contributed by atoms with Gasteiger partial charge in [0.1, 0.15) is 0 Å². The van der Waals surface area contributed by atoms with Crippen molar-refractivity contribution in [1.82, 2.24) is 0 Å². The molecule has 0 N–H and O–H groups in total. The van der Waals surface area contributed by atoms with Crippen molar-refractivity contribution in [2.75, 3.05) is 11.5 Å². The van der Waals surface area contributed by atoms with Crippen LogP contribution in [0.5, 0.6) is 0 Å². The minimum absolute atomic E-state index is 0.670. The second-order valence-corrected chi connectivity index (χ2v) is 3.34. The van der Waals surface area contributed by atoms with Gasteiger partial charge in [-0.2, -0.15) is 11.8 Å². The fourth-order valence-electron chi connectivity index (χ4n) is 0.489. The summed E-state index contributed by atoms with van der Waals surface area (Å²) < 4.78 is 0. The van der Waals surface area contributed by atoms with Crippen LogP contribution in [0, 0.1) is 12.8 Å². The molecular weight excluding hydrogens is 128 g/mol. The predicted molar refractivity (Wildman–Crippen MR) is 46.7 cm³/mol. The van der Waals surface area contributed by atoms with Crippen LogP contribution in [0.25, 0.3) is 0 Å². The fraction of sp³-hybridized carbons (Fsp3) is 0.625. The van der Waals surface area contributed by atoms with E-state index in [1.54, 1.807) is 0 Å². The van der Waals surface area contributed by atoms with Gasteiger partial charge in [0.25, 0.3) is 0 Å². The lowest BCUT2D eigenvalue weighted by Crippen LogP contribution is -1.90. The average Bonchev–Trinajstić information content (AvgIpc) is 1.89. The summed E-state index contributed by atoms with van der Waals surface area (Å²) in [6, 6.07) is 0. The molecule has 9 heavy (non-hydrogen) atoms. The Hall–Kier alpha value is 0.0900. The van der Waals surface area contributed by atoms with Gasteiger partial charge in [-0.1, -0.05) is 13.0 Å². The van der Waals surface area contributed by atoms with E-state index in [4.69, 9.17) is 0 Å². The summed E-state index contributed by atoms with van der Waals surface area (Å²) in [5.74, 6) is 2.88. The molecule has 0 saturated heterocycles. The van der Waals surface area contributed by atoms with E-state index < -0.39 is 0 Å². The quantitative estimate of drug-likeness (QED) is 0.421. The zero-order valence-electron chi connectivity index (χ0n) is 6.10. The minimum Gasteiger partial charge on any atom is -0.162 e. The van der Waals surface area contributed by atoms with E-state index in [-0.39, 0.29) is 0 Å². The van der Waals surface area contributed by atoms with Crippen LogP contribution in [0.3, 0.4) is 0 Å². The largest absolute Gasteiger partial charge is 0.162 e. The van der Waals surface area contributed by atoms with Crippen LogP contribution < -0.4 is 0 Å². The van der Waals surface area contributed by atoms with Gasteiger partial charge in [-0.25, -0.2) is 0 Å². The molecule has 1 unspecified atom stereocenters. The fourth-order valence-corrected chi connectivity index (χ4v) is 1.23. The molecule has 0 aromatic heterocycles. The molecule has 0 amide bonds. The summed E-state index contributed by atoms with van der Waals surface area (Å²) in [5, 5.41) is 0. The zero-order chi connectivity index (χ0) is 7.11. The third-order valence-electron chi connectivity index (χ3n) is 1.26. The Balaban J connectivity index is 2.96. The number of hydrogen-bond acceptors (Lipinski definition) is 1. The standard InChI is InChI=1S/C8H15S/c1-4-8(3)6-7-9-5-2/h4,8H,1-2,5-7H2,3H3. The molecule has 0 bridgehead atoms. The van der Waals surface area contributed by atoms with Crippen LogP contribution in [-0.2, 0) is 0 Å². The van der Waals surface area contributed by atoms with Crippen LogP contribution in [0.1, 0.15) is 13.3 Å². The van der Waals surface area contributed by atoms with Gasteiger partial charge in [0.15, 0.2) is 0 Å². The average molecular weight is 143 g/mol. The first-order valence-corrected chi connectivity index (χ1v) is 4.46. The third-order valence-corrected chi connectivity index (χ3v) is 2.08. The van der Waals surface area contributed by atoms with Gasteiger partial charge >= 0.3 is 0 Å². The predicted octanol–water partition coefficient (Wildman–Crippen LogP) is 2.77. The van der Waals surface area contributed by atoms with Gasteiger partial charge in [-0.3, -0.25) is 0 Å². The SMILES string of the molecule is [CH2]CSCCC(C)C=C. The van der Waals surface area contributed by atoms with E-state index in [0.717, 1.165) is 5.75 Å². The third kappa shape index (κ3) is 5.97. The van der Waals surface area contributed by atoms with Gasteiger partial charge in [0.2, 0.25) is 0 Å². The van der Waals surface area contributed by atoms with E-state index in [2.05, 4.69) is 20.4 Å². The number of rotatable bonds is 5. The monoisotopic (exact) mass is 143 g/mol. The molecule has 0 aromatic rings. The Bertz CT molecular complexity index is 69.0. The van der Waals surface area contributed by atoms with Gasteiger partial charge in [-0.15, -0.1) is 6.58 Å². The molecule has 0 nitrogen and oxygen atoms in total. The highest BCUT2D eigenvalue weighted by molar-refractivity contribution is 7.99. The lowest BCUT2D eigenvalue weighted by molar-refractivity contribution is 0.707. The lowest BCUT2D eigenvalue weighted by atomic mass is 10.1. The Morgan fingerprint density at radius 3 is 2.78 bits per heavy atom. The second kappa shape index (κ2) is 6.21. The summed E-state index contributed by atoms with van der Waals surface area (Å²) in [6.45, 7) is 9.65. The van der Waals surface area contributed by atoms with Gasteiger partial charge < -0.3 is 0 Å². The Morgan fingerprint density at radius 1 is 1.67 bits per heavy atom. The first-order valence-electron chi connectivity index (χ1n) is 3.30. The summed E-state index contributed by atoms with van der Waals surface area (Å²) in [4.78, 5) is 0. The Morgan fingerprint density at radius 2 is 2.33 bits per heavy atom. The minimum atomic E-state index is 0.670. The molecule has 0 aliphatic rings. The highest BCUT2D eigenvalue weighted by Gasteiger charge is 1.93. The van der Waals surface area contributed by atoms with E-state index in [9.17, 15) is 0 Å². The van der Waals surface area contributed by atoms with E-state index in [1.807, 2.05) is 17.8 Å². The van der Waals surface area contributed by atoms with Crippen LogP contribution in [0.15, 0.2) is 12.7 Å². The van der Waals surface area contributed by atoms with Crippen LogP contribution in [0.2, 0.25) is 0 Å². The summed E-state index contributed by atoms with van der Waals surface area (Å²) >= 11 is 1.89. The van der Waals surface area contributed by atoms with Crippen LogP contribution in [0.4, 0.5) is 0 Å². The van der Waals surface area contributed by atoms with Crippen molar-refractivity contribution in [2.24, 2.45) is 5.92 Å². The van der Waals surface area contributed by atoms with Crippen LogP contribution in [-0.4, -0.2) is 11.5 Å². The molecule has 1 radical (unpaired) electrons. The van der Waals surface area contributed by atoms with Crippen molar-refractivity contribution in [1.29, 1.82) is 0 Å². The molecule has 0 fully saturated rings. The van der Waals surface area contributed by atoms with Crippen molar-refractivity contribution < 1.29 is 0 Å². The molecule has 0 heterocycles. The molecule has 0 aromatic carbocycles. The first kappa shape index (κ1) is 9.09. The normalized spacial score (nSPS) is 13.1. The molecule has 0 spiro atoms. The van der Waals surface area contributed by atoms with Crippen molar-refractivity contribution >= 4 is 11.8 Å². The number of allylic oxidation sites excluding steroid dienone is 1. The second-order valence-electron chi connectivity index (χ2n) is 2.11. The highest BCUT2D eigenvalue weighted by Crippen LogP contribution is 2.08. The smallest absolute Gasteiger partial charge is 0.00620 e. The first-order chi connectivity index (χ1) is 4.31. The van der Waals surface area contributed by atoms with E-state index >= 15 is 0 Å². The maximum Gasteiger partial charge on any atom is -0.00620 e. The molecule has 0 rings (SSSR count). The van der Waals surface area contributed by atoms with Gasteiger partial charge in [-0.05, 0) is 30.8 Å². The molecule has 0 aliphatic heterocycles. The van der Waals surface area contributed by atoms with E-state index in [0.29, 0.717) is 5.92 Å². The van der Waals surface area contributed by atoms with Gasteiger partial charge in [0.05, 0.1) is 0 Å². The highest BCUT2D eigenvalue weighted by atomic mass is 32.2. The lowest BCUT2D eigenvalue weighted by Gasteiger charge is -2.02. The van der Waals surface area contributed by atoms with Crippen molar-refractivity contribution in [3.05, 3.63) is 19.6 Å². The molecule has 53 valence electrons. The topological polar surface area (TPSA) is 0 Å². The zero-order valence-corrected chi connectivity index (χ0v) is 6.91. The maximum absolute atomic E-state index is 3.75. The van der Waals surface area contributed by atoms with Crippen molar-refractivity contribution in [3.8, 4) is 0 Å². The number of thioether (sulfide) groups is 1. The molecule has 0 aliphatic carbocycles. The number of hydrogen-bond donors (Lipinski definition) is 0. The van der Waals surface area contributed by atoms with Crippen LogP contribution >= 0.6 is 11.8 Å². The Labute approximate surface area is 62.7 Å². The molecular formula is C8H15S. The molecule has 1 atom stereocenters. The summed E-state index contributed by atoms with van der Waals surface area (Å²) in [7, 11) is 0. The maximum atomic E-state index is 3.75. The van der Waals surface area contributed by atoms with Gasteiger partial charge in [0, 0.05) is 0 Å². The molecule has 1 heteroatoms. The van der Waals surface area contributed by atoms with Crippen molar-refractivity contribution in [2.45, 2.75) is 13.3 Å². The molecule has 0 saturated carbocycles.